The zero-order chi connectivity index (χ0) is 13.9. The largest absolute Gasteiger partial charge is 0.279 e. The molecule has 3 rings (SSSR count). The molecule has 0 aromatic heterocycles. The summed E-state index contributed by atoms with van der Waals surface area (Å²) in [4.78, 5) is 30.1. The zero-order valence-electron chi connectivity index (χ0n) is 11.5. The molecule has 1 aromatic carbocycles. The van der Waals surface area contributed by atoms with Gasteiger partial charge in [-0.3, -0.25) is 14.5 Å². The summed E-state index contributed by atoms with van der Waals surface area (Å²) in [5.74, 6) is 0.296. The highest BCUT2D eigenvalue weighted by Crippen LogP contribution is 2.33. The third-order valence-corrected chi connectivity index (χ3v) is 3.93. The molecule has 0 N–H and O–H groups in total. The van der Waals surface area contributed by atoms with Crippen LogP contribution < -0.4 is 0 Å². The van der Waals surface area contributed by atoms with E-state index in [1.54, 1.807) is 4.90 Å². The van der Waals surface area contributed by atoms with Crippen molar-refractivity contribution in [1.29, 1.82) is 0 Å². The molecule has 0 bridgehead atoms. The fourth-order valence-corrected chi connectivity index (χ4v) is 2.77. The Hall–Kier alpha value is -1.97. The fourth-order valence-electron chi connectivity index (χ4n) is 2.77. The highest BCUT2D eigenvalue weighted by molar-refractivity contribution is 6.29. The molecule has 2 amide bonds. The standard InChI is InChI=1S/C15H16N2O2/c1-7(2)12-14(18)16-13-10-5-8(3)9(4)6-11(10)15(19)17(12)13/h5-7,12H,1-4H3. The van der Waals surface area contributed by atoms with Crippen LogP contribution in [0.25, 0.3) is 0 Å². The highest BCUT2D eigenvalue weighted by atomic mass is 16.2. The van der Waals surface area contributed by atoms with Crippen LogP contribution in [0.5, 0.6) is 0 Å². The summed E-state index contributed by atoms with van der Waals surface area (Å²) in [6.45, 7) is 7.86. The Morgan fingerprint density at radius 1 is 1.11 bits per heavy atom. The molecule has 98 valence electrons. The maximum Gasteiger partial charge on any atom is 0.271 e. The first-order valence-corrected chi connectivity index (χ1v) is 6.49. The molecule has 2 aliphatic heterocycles. The summed E-state index contributed by atoms with van der Waals surface area (Å²) < 4.78 is 0. The van der Waals surface area contributed by atoms with Crippen molar-refractivity contribution in [2.45, 2.75) is 33.7 Å². The molecule has 19 heavy (non-hydrogen) atoms. The normalized spacial score (nSPS) is 21.0. The Labute approximate surface area is 112 Å². The summed E-state index contributed by atoms with van der Waals surface area (Å²) in [7, 11) is 0. The number of rotatable bonds is 1. The first kappa shape index (κ1) is 12.1. The van der Waals surface area contributed by atoms with Gasteiger partial charge < -0.3 is 0 Å². The molecule has 0 aliphatic carbocycles. The van der Waals surface area contributed by atoms with Gasteiger partial charge in [-0.05, 0) is 43.0 Å². The molecule has 2 aliphatic rings. The van der Waals surface area contributed by atoms with Gasteiger partial charge in [0.05, 0.1) is 5.56 Å². The second kappa shape index (κ2) is 3.76. The van der Waals surface area contributed by atoms with E-state index in [4.69, 9.17) is 0 Å². The molecule has 4 nitrogen and oxygen atoms in total. The number of aliphatic imine (C=N–C) groups is 1. The summed E-state index contributed by atoms with van der Waals surface area (Å²) in [6, 6.07) is 3.41. The van der Waals surface area contributed by atoms with Gasteiger partial charge in [0.25, 0.3) is 11.8 Å². The Kier molecular flexibility index (Phi) is 2.39. The minimum absolute atomic E-state index is 0.0641. The van der Waals surface area contributed by atoms with Crippen LogP contribution in [-0.4, -0.2) is 28.6 Å². The number of hydrogen-bond acceptors (Lipinski definition) is 2. The van der Waals surface area contributed by atoms with Crippen molar-refractivity contribution >= 4 is 17.6 Å². The molecule has 0 saturated carbocycles. The zero-order valence-corrected chi connectivity index (χ0v) is 11.5. The maximum absolute atomic E-state index is 12.5. The van der Waals surface area contributed by atoms with Crippen molar-refractivity contribution < 1.29 is 9.59 Å². The number of carbonyl (C=O) groups is 2. The van der Waals surface area contributed by atoms with Gasteiger partial charge in [0.1, 0.15) is 11.9 Å². The number of fused-ring (bicyclic) bond motifs is 3. The lowest BCUT2D eigenvalue weighted by Gasteiger charge is -2.22. The molecule has 4 heteroatoms. The van der Waals surface area contributed by atoms with Gasteiger partial charge in [-0.1, -0.05) is 13.8 Å². The van der Waals surface area contributed by atoms with Gasteiger partial charge in [-0.2, -0.15) is 4.99 Å². The van der Waals surface area contributed by atoms with Crippen molar-refractivity contribution in [2.24, 2.45) is 10.9 Å². The number of nitrogens with zero attached hydrogens (tertiary/aromatic N) is 2. The molecule has 0 fully saturated rings. The maximum atomic E-state index is 12.5. The average Bonchev–Trinajstić information content (AvgIpc) is 2.78. The summed E-state index contributed by atoms with van der Waals surface area (Å²) in [5.41, 5.74) is 3.66. The first-order chi connectivity index (χ1) is 8.91. The lowest BCUT2D eigenvalue weighted by atomic mass is 10.0. The third-order valence-electron chi connectivity index (χ3n) is 3.93. The second-order valence-corrected chi connectivity index (χ2v) is 5.62. The van der Waals surface area contributed by atoms with Gasteiger partial charge in [-0.25, -0.2) is 0 Å². The molecular formula is C15H16N2O2. The van der Waals surface area contributed by atoms with E-state index in [2.05, 4.69) is 4.99 Å². The topological polar surface area (TPSA) is 49.7 Å². The predicted octanol–water partition coefficient (Wildman–Crippen LogP) is 2.07. The number of aryl methyl sites for hydroxylation is 2. The van der Waals surface area contributed by atoms with Crippen LogP contribution in [0, 0.1) is 19.8 Å². The Morgan fingerprint density at radius 2 is 1.68 bits per heavy atom. The minimum Gasteiger partial charge on any atom is -0.279 e. The Bertz CT molecular complexity index is 644. The molecule has 0 saturated heterocycles. The van der Waals surface area contributed by atoms with Crippen LogP contribution in [0.3, 0.4) is 0 Å². The van der Waals surface area contributed by atoms with Gasteiger partial charge in [-0.15, -0.1) is 0 Å². The van der Waals surface area contributed by atoms with Crippen LogP contribution in [0.1, 0.15) is 40.9 Å². The van der Waals surface area contributed by atoms with Crippen molar-refractivity contribution in [2.75, 3.05) is 0 Å². The van der Waals surface area contributed by atoms with Crippen LogP contribution in [0.15, 0.2) is 17.1 Å². The molecule has 1 atom stereocenters. The molecule has 1 unspecified atom stereocenters. The molecule has 0 spiro atoms. The van der Waals surface area contributed by atoms with Crippen molar-refractivity contribution in [3.63, 3.8) is 0 Å². The SMILES string of the molecule is Cc1cc2c(cc1C)C1=NC(=O)C(C(C)C)N1C2=O. The van der Waals surface area contributed by atoms with Gasteiger partial charge in [0.15, 0.2) is 0 Å². The van der Waals surface area contributed by atoms with Crippen LogP contribution in [-0.2, 0) is 4.79 Å². The van der Waals surface area contributed by atoms with Crippen molar-refractivity contribution in [3.8, 4) is 0 Å². The number of hydrogen-bond donors (Lipinski definition) is 0. The van der Waals surface area contributed by atoms with Gasteiger partial charge >= 0.3 is 0 Å². The van der Waals surface area contributed by atoms with E-state index < -0.39 is 6.04 Å². The monoisotopic (exact) mass is 256 g/mol. The Balaban J connectivity index is 2.19. The van der Waals surface area contributed by atoms with Crippen molar-refractivity contribution in [3.05, 3.63) is 34.4 Å². The van der Waals surface area contributed by atoms with Crippen molar-refractivity contribution in [1.82, 2.24) is 4.90 Å². The second-order valence-electron chi connectivity index (χ2n) is 5.62. The molecular weight excluding hydrogens is 240 g/mol. The summed E-state index contributed by atoms with van der Waals surface area (Å²) in [6.07, 6.45) is 0. The van der Waals surface area contributed by atoms with E-state index in [1.165, 1.54) is 0 Å². The average molecular weight is 256 g/mol. The number of amides is 2. The third kappa shape index (κ3) is 1.49. The fraction of sp³-hybridized carbons (Fsp3) is 0.400. The number of amidine groups is 1. The minimum atomic E-state index is -0.449. The van der Waals surface area contributed by atoms with Gasteiger partial charge in [0, 0.05) is 5.56 Å². The van der Waals surface area contributed by atoms with Gasteiger partial charge in [0.2, 0.25) is 0 Å². The number of benzene rings is 1. The summed E-state index contributed by atoms with van der Waals surface area (Å²) >= 11 is 0. The lowest BCUT2D eigenvalue weighted by molar-refractivity contribution is -0.121. The van der Waals surface area contributed by atoms with E-state index >= 15 is 0 Å². The Morgan fingerprint density at radius 3 is 2.26 bits per heavy atom. The van der Waals surface area contributed by atoms with Crippen LogP contribution in [0.2, 0.25) is 0 Å². The smallest absolute Gasteiger partial charge is 0.271 e. The highest BCUT2D eigenvalue weighted by Gasteiger charge is 2.47. The van der Waals surface area contributed by atoms with E-state index in [9.17, 15) is 9.59 Å². The van der Waals surface area contributed by atoms with Crippen LogP contribution >= 0.6 is 0 Å². The lowest BCUT2D eigenvalue weighted by Crippen LogP contribution is -2.42. The number of carbonyl (C=O) groups excluding carboxylic acids is 2. The summed E-state index contributed by atoms with van der Waals surface area (Å²) in [5, 5.41) is 0. The molecule has 1 aromatic rings. The quantitative estimate of drug-likeness (QED) is 0.772. The van der Waals surface area contributed by atoms with E-state index in [0.717, 1.165) is 16.7 Å². The van der Waals surface area contributed by atoms with E-state index in [0.29, 0.717) is 11.4 Å². The first-order valence-electron chi connectivity index (χ1n) is 6.49. The van der Waals surface area contributed by atoms with Crippen LogP contribution in [0.4, 0.5) is 0 Å². The van der Waals surface area contributed by atoms with E-state index in [-0.39, 0.29) is 17.7 Å². The van der Waals surface area contributed by atoms with E-state index in [1.807, 2.05) is 39.8 Å². The molecule has 2 heterocycles. The predicted molar refractivity (Wildman–Crippen MR) is 72.3 cm³/mol. The molecule has 0 radical (unpaired) electrons.